The lowest BCUT2D eigenvalue weighted by atomic mass is 10.5. The van der Waals surface area contributed by atoms with E-state index in [1.165, 1.54) is 0 Å². The van der Waals surface area contributed by atoms with Gasteiger partial charge in [0, 0.05) is 45.0 Å². The van der Waals surface area contributed by atoms with Crippen molar-refractivity contribution >= 4 is 121 Å². The van der Waals surface area contributed by atoms with Crippen LogP contribution in [0.4, 0.5) is 0 Å². The first-order chi connectivity index (χ1) is 15.9. The van der Waals surface area contributed by atoms with Crippen molar-refractivity contribution in [1.82, 2.24) is 0 Å². The Morgan fingerprint density at radius 3 is 1.21 bits per heavy atom. The molecule has 4 rings (SSSR count). The predicted molar refractivity (Wildman–Crippen MR) is 171 cm³/mol. The Bertz CT molecular complexity index is 699. The zero-order valence-corrected chi connectivity index (χ0v) is 28.1. The molecule has 0 saturated carbocycles. The summed E-state index contributed by atoms with van der Waals surface area (Å²) in [7, 11) is 0. The number of rotatable bonds is 17. The lowest BCUT2D eigenvalue weighted by Gasteiger charge is -2.23. The minimum Gasteiger partial charge on any atom is -0.343 e. The van der Waals surface area contributed by atoms with Crippen LogP contribution in [0.25, 0.3) is 0 Å². The summed E-state index contributed by atoms with van der Waals surface area (Å²) in [5, 5.41) is 1.06. The van der Waals surface area contributed by atoms with E-state index in [2.05, 4.69) is 102 Å². The van der Waals surface area contributed by atoms with Gasteiger partial charge in [-0.2, -0.15) is 23.5 Å². The highest BCUT2D eigenvalue weighted by Gasteiger charge is 2.53. The smallest absolute Gasteiger partial charge is 0.147 e. The van der Waals surface area contributed by atoms with Crippen molar-refractivity contribution in [1.29, 1.82) is 0 Å². The first-order valence-electron chi connectivity index (χ1n) is 11.1. The average Bonchev–Trinajstić information content (AvgIpc) is 3.73. The molecule has 34 heavy (non-hydrogen) atoms. The van der Waals surface area contributed by atoms with Crippen LogP contribution in [0, 0.1) is 0 Å². The second-order valence-corrected chi connectivity index (χ2v) is 19.6. The molecule has 0 aromatic rings. The van der Waals surface area contributed by atoms with E-state index in [-0.39, 0.29) is 41.5 Å². The third-order valence-electron chi connectivity index (χ3n) is 5.96. The Morgan fingerprint density at radius 2 is 0.853 bits per heavy atom. The molecule has 9 unspecified atom stereocenters. The van der Waals surface area contributed by atoms with Crippen molar-refractivity contribution in [2.45, 2.75) is 79.7 Å². The monoisotopic (exact) mass is 658 g/mol. The number of thiol groups is 4. The van der Waals surface area contributed by atoms with Gasteiger partial charge in [-0.05, 0) is 27.7 Å². The molecule has 4 aliphatic rings. The van der Waals surface area contributed by atoms with Gasteiger partial charge in [-0.15, -0.1) is 97.6 Å². The van der Waals surface area contributed by atoms with Crippen molar-refractivity contribution in [2.75, 3.05) is 34.5 Å². The summed E-state index contributed by atoms with van der Waals surface area (Å²) in [6, 6.07) is 0. The quantitative estimate of drug-likeness (QED) is 0.0835. The Hall–Kier alpha value is 3.34. The molecule has 4 nitrogen and oxygen atoms in total. The summed E-state index contributed by atoms with van der Waals surface area (Å²) in [6.07, 6.45) is 0. The van der Waals surface area contributed by atoms with Crippen LogP contribution in [0.2, 0.25) is 0 Å². The topological polar surface area (TPSA) is 50.1 Å². The maximum absolute atomic E-state index is 5.69. The lowest BCUT2D eigenvalue weighted by Crippen LogP contribution is -2.21. The maximum atomic E-state index is 5.69. The van der Waals surface area contributed by atoms with Gasteiger partial charge in [-0.25, -0.2) is 0 Å². The van der Waals surface area contributed by atoms with Gasteiger partial charge in [0.2, 0.25) is 0 Å². The molecule has 4 saturated heterocycles. The van der Waals surface area contributed by atoms with Crippen LogP contribution in [0.15, 0.2) is 0 Å². The van der Waals surface area contributed by atoms with E-state index in [1.54, 1.807) is 0 Å². The maximum Gasteiger partial charge on any atom is 0.147 e. The number of hydrogen-bond donors (Lipinski definition) is 4. The highest BCUT2D eigenvalue weighted by molar-refractivity contribution is 8.08. The number of epoxide rings is 4. The molecule has 0 N–H and O–H groups in total. The molecule has 4 fully saturated rings. The minimum absolute atomic E-state index is 0.0433. The number of hydrogen-bond acceptors (Lipinski definition) is 14. The molecule has 4 heterocycles. The highest BCUT2D eigenvalue weighted by Crippen LogP contribution is 2.52. The van der Waals surface area contributed by atoms with Gasteiger partial charge in [0.15, 0.2) is 0 Å². The minimum atomic E-state index is -0.148. The summed E-state index contributed by atoms with van der Waals surface area (Å²) in [5.74, 6) is 6.42. The fourth-order valence-electron chi connectivity index (χ4n) is 2.94. The summed E-state index contributed by atoms with van der Waals surface area (Å²) in [6.45, 7) is 8.54. The van der Waals surface area contributed by atoms with Crippen molar-refractivity contribution in [3.05, 3.63) is 0 Å². The third kappa shape index (κ3) is 8.42. The Morgan fingerprint density at radius 1 is 0.529 bits per heavy atom. The van der Waals surface area contributed by atoms with Crippen molar-refractivity contribution in [2.24, 2.45) is 0 Å². The van der Waals surface area contributed by atoms with Crippen molar-refractivity contribution in [3.8, 4) is 0 Å². The van der Waals surface area contributed by atoms with E-state index in [0.29, 0.717) is 10.5 Å². The molecule has 0 aromatic carbocycles. The second-order valence-electron chi connectivity index (χ2n) is 9.17. The molecule has 0 radical (unpaired) electrons. The van der Waals surface area contributed by atoms with Gasteiger partial charge in [-0.3, -0.25) is 0 Å². The van der Waals surface area contributed by atoms with Crippen LogP contribution >= 0.6 is 121 Å². The summed E-state index contributed by atoms with van der Waals surface area (Å²) >= 11 is 29.6. The van der Waals surface area contributed by atoms with Crippen LogP contribution in [0.5, 0.6) is 0 Å². The number of ether oxygens (including phenoxy) is 4. The predicted octanol–water partition coefficient (Wildman–Crippen LogP) is 6.13. The second kappa shape index (κ2) is 12.1. The normalized spacial score (nSPS) is 46.2. The van der Waals surface area contributed by atoms with Crippen LogP contribution in [0.3, 0.4) is 0 Å². The molecule has 4 aliphatic heterocycles. The zero-order valence-electron chi connectivity index (χ0n) is 19.6. The van der Waals surface area contributed by atoms with Crippen LogP contribution in [-0.2, 0) is 18.9 Å². The summed E-state index contributed by atoms with van der Waals surface area (Å²) in [4.78, 5) is -0.537. The fraction of sp³-hybridized carbons (Fsp3) is 1.00. The first-order valence-corrected chi connectivity index (χ1v) is 19.2. The first kappa shape index (κ1) is 30.3. The Labute approximate surface area is 251 Å². The van der Waals surface area contributed by atoms with Crippen LogP contribution in [0.1, 0.15) is 27.7 Å². The lowest BCUT2D eigenvalue weighted by molar-refractivity contribution is 0.394. The molecule has 198 valence electrons. The summed E-state index contributed by atoms with van der Waals surface area (Å²) in [5.41, 5.74) is 0.208. The molecule has 14 heteroatoms. The molecular formula is C20H34O4S10. The highest BCUT2D eigenvalue weighted by atomic mass is 32.2. The van der Waals surface area contributed by atoms with Gasteiger partial charge in [0.25, 0.3) is 0 Å². The molecule has 0 amide bonds. The Kier molecular flexibility index (Phi) is 10.8. The van der Waals surface area contributed by atoms with Gasteiger partial charge in [-0.1, -0.05) is 0 Å². The van der Waals surface area contributed by atoms with Gasteiger partial charge in [0.05, 0.1) is 0 Å². The van der Waals surface area contributed by atoms with E-state index in [9.17, 15) is 0 Å². The van der Waals surface area contributed by atoms with E-state index in [1.807, 2.05) is 47.0 Å². The molecule has 9 atom stereocenters. The third-order valence-corrected chi connectivity index (χ3v) is 18.4. The van der Waals surface area contributed by atoms with Gasteiger partial charge in [0.1, 0.15) is 41.5 Å². The van der Waals surface area contributed by atoms with Gasteiger partial charge >= 0.3 is 0 Å². The zero-order chi connectivity index (χ0) is 24.8. The molecule has 0 aliphatic carbocycles. The van der Waals surface area contributed by atoms with E-state index in [4.69, 9.17) is 18.9 Å². The molecule has 0 aromatic heterocycles. The SMILES string of the molecule is CC1(SCCSC(CSC(CSC2(C)OC2S)CSC2(C)OC2S)CSC2(C)OC2S)OC1S. The largest absolute Gasteiger partial charge is 0.343 e. The average molecular weight is 659 g/mol. The van der Waals surface area contributed by atoms with Crippen molar-refractivity contribution < 1.29 is 18.9 Å². The van der Waals surface area contributed by atoms with Crippen LogP contribution in [-0.4, -0.2) is 86.5 Å². The van der Waals surface area contributed by atoms with E-state index >= 15 is 0 Å². The molecule has 0 spiro atoms. The number of thioether (sulfide) groups is 6. The molecule has 0 bridgehead atoms. The summed E-state index contributed by atoms with van der Waals surface area (Å²) < 4.78 is 22.6. The Balaban J connectivity index is 1.25. The van der Waals surface area contributed by atoms with Gasteiger partial charge < -0.3 is 18.9 Å². The standard InChI is InChI=1S/C20H34O4S10/c1-17(13(25)21-17)31-6-5-29-11(8-32-18(2)14(26)22-18)7-30-12(9-33-19(3)15(27)23-19)10-34-20(4)16(28)24-20/h11-16,25-28H,5-10H2,1-4H3. The van der Waals surface area contributed by atoms with E-state index < -0.39 is 0 Å². The fourth-order valence-corrected chi connectivity index (χ4v) is 12.9. The van der Waals surface area contributed by atoms with Crippen LogP contribution < -0.4 is 0 Å². The van der Waals surface area contributed by atoms with Crippen molar-refractivity contribution in [3.63, 3.8) is 0 Å². The van der Waals surface area contributed by atoms with E-state index in [0.717, 1.165) is 34.5 Å². The molecular weight excluding hydrogens is 625 g/mol.